The van der Waals surface area contributed by atoms with Gasteiger partial charge in [-0.15, -0.1) is 0 Å². The van der Waals surface area contributed by atoms with E-state index >= 15 is 0 Å². The Morgan fingerprint density at radius 1 is 1.67 bits per heavy atom. The van der Waals surface area contributed by atoms with Crippen molar-refractivity contribution in [2.45, 2.75) is 26.3 Å². The quantitative estimate of drug-likeness (QED) is 0.753. The van der Waals surface area contributed by atoms with Gasteiger partial charge in [0.25, 0.3) is 0 Å². The van der Waals surface area contributed by atoms with Crippen molar-refractivity contribution in [3.05, 3.63) is 22.8 Å². The van der Waals surface area contributed by atoms with Gasteiger partial charge < -0.3 is 10.4 Å². The summed E-state index contributed by atoms with van der Waals surface area (Å²) in [6.07, 6.45) is 2.43. The number of carboxylic acid groups (broad SMARTS) is 1. The first-order valence-electron chi connectivity index (χ1n) is 5.78. The highest BCUT2D eigenvalue weighted by Crippen LogP contribution is 2.24. The van der Waals surface area contributed by atoms with Crippen molar-refractivity contribution in [1.82, 2.24) is 4.98 Å². The second-order valence-corrected chi connectivity index (χ2v) is 5.63. The number of aromatic nitrogens is 1. The van der Waals surface area contributed by atoms with Gasteiger partial charge in [0.15, 0.2) is 0 Å². The number of carbonyl (C=O) groups is 1. The molecule has 0 aliphatic rings. The van der Waals surface area contributed by atoms with Crippen molar-refractivity contribution in [2.24, 2.45) is 0 Å². The smallest absolute Gasteiger partial charge is 0.337 e. The van der Waals surface area contributed by atoms with E-state index in [2.05, 4.69) is 17.2 Å². The minimum atomic E-state index is -1.04. The Morgan fingerprint density at radius 3 is 3.00 bits per heavy atom. The Hall–Kier alpha value is -0.940. The maximum atomic E-state index is 10.9. The summed E-state index contributed by atoms with van der Waals surface area (Å²) in [4.78, 5) is 15.0. The molecule has 0 amide bonds. The van der Waals surface area contributed by atoms with Gasteiger partial charge in [-0.05, 0) is 30.9 Å². The molecule has 1 aromatic rings. The molecule has 0 saturated heterocycles. The highest BCUT2D eigenvalue weighted by molar-refractivity contribution is 7.99. The second-order valence-electron chi connectivity index (χ2n) is 3.86. The molecule has 100 valence electrons. The summed E-state index contributed by atoms with van der Waals surface area (Å²) in [7, 11) is 0. The average Bonchev–Trinajstić information content (AvgIpc) is 2.32. The lowest BCUT2D eigenvalue weighted by Crippen LogP contribution is -2.17. The minimum absolute atomic E-state index is 0.0734. The van der Waals surface area contributed by atoms with Crippen LogP contribution >= 0.6 is 23.4 Å². The molecule has 0 spiro atoms. The van der Waals surface area contributed by atoms with Gasteiger partial charge in [-0.25, -0.2) is 9.78 Å². The third-order valence-corrected chi connectivity index (χ3v) is 3.72. The normalized spacial score (nSPS) is 12.2. The molecule has 0 fully saturated rings. The lowest BCUT2D eigenvalue weighted by molar-refractivity contribution is 0.0697. The van der Waals surface area contributed by atoms with Crippen LogP contribution in [0.1, 0.15) is 30.6 Å². The third kappa shape index (κ3) is 4.38. The van der Waals surface area contributed by atoms with E-state index in [1.165, 1.54) is 12.3 Å². The van der Waals surface area contributed by atoms with E-state index in [9.17, 15) is 4.79 Å². The van der Waals surface area contributed by atoms with Crippen molar-refractivity contribution < 1.29 is 9.90 Å². The van der Waals surface area contributed by atoms with E-state index in [-0.39, 0.29) is 16.6 Å². The molecule has 18 heavy (non-hydrogen) atoms. The first-order valence-corrected chi connectivity index (χ1v) is 7.31. The first kappa shape index (κ1) is 15.1. The number of aromatic carboxylic acids is 1. The monoisotopic (exact) mass is 288 g/mol. The van der Waals surface area contributed by atoms with E-state index in [4.69, 9.17) is 16.7 Å². The van der Waals surface area contributed by atoms with E-state index < -0.39 is 5.97 Å². The van der Waals surface area contributed by atoms with Crippen molar-refractivity contribution in [3.8, 4) is 0 Å². The van der Waals surface area contributed by atoms with Crippen LogP contribution < -0.4 is 5.32 Å². The van der Waals surface area contributed by atoms with Gasteiger partial charge in [-0.2, -0.15) is 11.8 Å². The van der Waals surface area contributed by atoms with Gasteiger partial charge in [0.2, 0.25) is 0 Å². The molecule has 0 saturated carbocycles. The predicted octanol–water partition coefficient (Wildman–Crippen LogP) is 3.38. The Labute approximate surface area is 116 Å². The zero-order valence-electron chi connectivity index (χ0n) is 10.4. The van der Waals surface area contributed by atoms with Gasteiger partial charge in [0.05, 0.1) is 10.6 Å². The molecule has 0 aliphatic heterocycles. The predicted molar refractivity (Wildman–Crippen MR) is 76.9 cm³/mol. The molecule has 0 aliphatic carbocycles. The van der Waals surface area contributed by atoms with Crippen molar-refractivity contribution in [2.75, 3.05) is 16.8 Å². The molecule has 1 atom stereocenters. The third-order valence-electron chi connectivity index (χ3n) is 2.40. The topological polar surface area (TPSA) is 62.2 Å². The fourth-order valence-corrected chi connectivity index (χ4v) is 2.48. The standard InChI is InChI=1S/C12H17ClN2O2S/c1-3-18-7-5-8(2)15-11-10(13)9(12(16)17)4-6-14-11/h4,6,8H,3,5,7H2,1-2H3,(H,14,15)(H,16,17). The Bertz CT molecular complexity index is 415. The van der Waals surface area contributed by atoms with Gasteiger partial charge in [-0.1, -0.05) is 18.5 Å². The van der Waals surface area contributed by atoms with Crippen LogP contribution in [0.3, 0.4) is 0 Å². The Balaban J connectivity index is 2.67. The van der Waals surface area contributed by atoms with Crippen molar-refractivity contribution in [1.29, 1.82) is 0 Å². The number of pyridine rings is 1. The maximum absolute atomic E-state index is 10.9. The van der Waals surface area contributed by atoms with Crippen LogP contribution in [0.15, 0.2) is 12.3 Å². The summed E-state index contributed by atoms with van der Waals surface area (Å²) in [5, 5.41) is 12.3. The van der Waals surface area contributed by atoms with E-state index in [1.54, 1.807) is 0 Å². The maximum Gasteiger partial charge on any atom is 0.337 e. The zero-order valence-corrected chi connectivity index (χ0v) is 12.0. The van der Waals surface area contributed by atoms with Crippen LogP contribution in [0.2, 0.25) is 5.02 Å². The Kier molecular flexibility index (Phi) is 6.29. The van der Waals surface area contributed by atoms with Crippen LogP contribution in [0.25, 0.3) is 0 Å². The highest BCUT2D eigenvalue weighted by atomic mass is 35.5. The number of halogens is 1. The SMILES string of the molecule is CCSCCC(C)Nc1nccc(C(=O)O)c1Cl. The largest absolute Gasteiger partial charge is 0.478 e. The number of thioether (sulfide) groups is 1. The Morgan fingerprint density at radius 2 is 2.39 bits per heavy atom. The summed E-state index contributed by atoms with van der Waals surface area (Å²) in [6.45, 7) is 4.15. The van der Waals surface area contributed by atoms with E-state index in [0.29, 0.717) is 5.82 Å². The number of hydrogen-bond donors (Lipinski definition) is 2. The number of carboxylic acids is 1. The molecule has 1 heterocycles. The van der Waals surface area contributed by atoms with Gasteiger partial charge in [0.1, 0.15) is 5.82 Å². The number of rotatable bonds is 7. The van der Waals surface area contributed by atoms with E-state index in [1.807, 2.05) is 18.7 Å². The summed E-state index contributed by atoms with van der Waals surface area (Å²) in [5.41, 5.74) is 0.0734. The van der Waals surface area contributed by atoms with E-state index in [0.717, 1.165) is 17.9 Å². The lowest BCUT2D eigenvalue weighted by Gasteiger charge is -2.15. The number of nitrogens with one attached hydrogen (secondary N) is 1. The molecule has 1 unspecified atom stereocenters. The summed E-state index contributed by atoms with van der Waals surface area (Å²) >= 11 is 7.87. The summed E-state index contributed by atoms with van der Waals surface area (Å²) < 4.78 is 0. The molecule has 2 N–H and O–H groups in total. The molecule has 0 aromatic carbocycles. The van der Waals surface area contributed by atoms with Crippen LogP contribution in [0.5, 0.6) is 0 Å². The highest BCUT2D eigenvalue weighted by Gasteiger charge is 2.14. The molecule has 1 aromatic heterocycles. The van der Waals surface area contributed by atoms with Crippen LogP contribution in [-0.2, 0) is 0 Å². The molecule has 4 nitrogen and oxygen atoms in total. The fraction of sp³-hybridized carbons (Fsp3) is 0.500. The van der Waals surface area contributed by atoms with Crippen LogP contribution in [-0.4, -0.2) is 33.6 Å². The van der Waals surface area contributed by atoms with Gasteiger partial charge in [-0.3, -0.25) is 0 Å². The number of anilines is 1. The van der Waals surface area contributed by atoms with Crippen LogP contribution in [0, 0.1) is 0 Å². The molecular weight excluding hydrogens is 272 g/mol. The lowest BCUT2D eigenvalue weighted by atomic mass is 10.2. The second kappa shape index (κ2) is 7.48. The number of hydrogen-bond acceptors (Lipinski definition) is 4. The minimum Gasteiger partial charge on any atom is -0.478 e. The van der Waals surface area contributed by atoms with Gasteiger partial charge in [0, 0.05) is 12.2 Å². The van der Waals surface area contributed by atoms with Crippen molar-refractivity contribution in [3.63, 3.8) is 0 Å². The molecule has 0 bridgehead atoms. The zero-order chi connectivity index (χ0) is 13.5. The first-order chi connectivity index (χ1) is 8.56. The summed E-state index contributed by atoms with van der Waals surface area (Å²) in [6, 6.07) is 1.60. The van der Waals surface area contributed by atoms with Gasteiger partial charge >= 0.3 is 5.97 Å². The molecule has 1 rings (SSSR count). The van der Waals surface area contributed by atoms with Crippen LogP contribution in [0.4, 0.5) is 5.82 Å². The molecule has 6 heteroatoms. The average molecular weight is 289 g/mol. The summed E-state index contributed by atoms with van der Waals surface area (Å²) in [5.74, 6) is 1.55. The molecular formula is C12H17ClN2O2S. The fourth-order valence-electron chi connectivity index (χ4n) is 1.42. The molecule has 0 radical (unpaired) electrons. The van der Waals surface area contributed by atoms with Crippen molar-refractivity contribution >= 4 is 35.1 Å². The number of nitrogens with zero attached hydrogens (tertiary/aromatic N) is 1.